The van der Waals surface area contributed by atoms with Crippen LogP contribution < -0.4 is 0 Å². The second-order valence-electron chi connectivity index (χ2n) is 11.4. The monoisotopic (exact) mass is 469 g/mol. The van der Waals surface area contributed by atoms with E-state index in [9.17, 15) is 0 Å². The Labute approximate surface area is 212 Å². The number of hydrogen-bond acceptors (Lipinski definition) is 0. The Kier molecular flexibility index (Phi) is 22.3. The van der Waals surface area contributed by atoms with Gasteiger partial charge >= 0.3 is 0 Å². The highest BCUT2D eigenvalue weighted by atomic mass is 15.5. The molecule has 0 aliphatic carbocycles. The van der Waals surface area contributed by atoms with Crippen LogP contribution in [0.4, 0.5) is 0 Å². The predicted octanol–water partition coefficient (Wildman–Crippen LogP) is 9.72. The van der Waals surface area contributed by atoms with Crippen molar-refractivity contribution >= 4 is 0 Å². The summed E-state index contributed by atoms with van der Waals surface area (Å²) in [5.74, 6) is 0. The summed E-state index contributed by atoms with van der Waals surface area (Å²) in [6, 6.07) is 0. The van der Waals surface area contributed by atoms with Crippen LogP contribution in [-0.2, 0) is 0 Å². The summed E-state index contributed by atoms with van der Waals surface area (Å²) in [5.41, 5.74) is 0. The molecule has 0 atom stereocenters. The van der Waals surface area contributed by atoms with Crippen molar-refractivity contribution in [2.24, 2.45) is 0 Å². The summed E-state index contributed by atoms with van der Waals surface area (Å²) < 4.78 is 2.87. The molecule has 0 spiro atoms. The van der Waals surface area contributed by atoms with Gasteiger partial charge in [-0.1, -0.05) is 80.1 Å². The average Bonchev–Trinajstić information content (AvgIpc) is 2.80. The summed E-state index contributed by atoms with van der Waals surface area (Å²) in [4.78, 5) is 0. The molecule has 0 aromatic heterocycles. The highest BCUT2D eigenvalue weighted by Crippen LogP contribution is 2.25. The standard InChI is InChI=1S/C31H68N2/c1-7-13-19-25-32(26-20-14-8-2,27-21-15-9-3)31-33(28-22-16-10-4,29-23-17-11-5)30-24-18-12-6/h7-31H2,1-6H3/q+2. The van der Waals surface area contributed by atoms with Crippen LogP contribution in [0.25, 0.3) is 0 Å². The molecule has 0 unspecified atom stereocenters. The van der Waals surface area contributed by atoms with Crippen molar-refractivity contribution in [2.45, 2.75) is 157 Å². The van der Waals surface area contributed by atoms with Gasteiger partial charge in [-0.05, 0) is 77.0 Å². The van der Waals surface area contributed by atoms with Crippen LogP contribution in [0.1, 0.15) is 157 Å². The first kappa shape index (κ1) is 32.9. The van der Waals surface area contributed by atoms with Gasteiger partial charge in [0.1, 0.15) is 0 Å². The molecule has 0 fully saturated rings. The first-order chi connectivity index (χ1) is 16.1. The van der Waals surface area contributed by atoms with Gasteiger partial charge in [-0.3, -0.25) is 8.97 Å². The average molecular weight is 469 g/mol. The van der Waals surface area contributed by atoms with Gasteiger partial charge in [-0.25, -0.2) is 0 Å². The van der Waals surface area contributed by atoms with Crippen molar-refractivity contribution in [2.75, 3.05) is 45.9 Å². The van der Waals surface area contributed by atoms with Crippen LogP contribution in [0.3, 0.4) is 0 Å². The SMILES string of the molecule is CCCCC[N+](CCCCC)(CCCCC)C[N+](CCCCC)(CCCCC)CCCCC. The molecular weight excluding hydrogens is 400 g/mol. The molecule has 2 nitrogen and oxygen atoms in total. The van der Waals surface area contributed by atoms with Gasteiger partial charge in [0.05, 0.1) is 39.3 Å². The summed E-state index contributed by atoms with van der Waals surface area (Å²) in [7, 11) is 0. The van der Waals surface area contributed by atoms with Crippen LogP contribution in [0, 0.1) is 0 Å². The topological polar surface area (TPSA) is 0 Å². The Balaban J connectivity index is 5.91. The summed E-state index contributed by atoms with van der Waals surface area (Å²) in [5, 5.41) is 0. The molecule has 0 aromatic carbocycles. The Morgan fingerprint density at radius 1 is 0.273 bits per heavy atom. The van der Waals surface area contributed by atoms with Gasteiger partial charge in [0.15, 0.2) is 0 Å². The second kappa shape index (κ2) is 22.4. The van der Waals surface area contributed by atoms with Gasteiger partial charge in [-0.15, -0.1) is 0 Å². The van der Waals surface area contributed by atoms with Gasteiger partial charge in [0, 0.05) is 0 Å². The molecule has 0 aromatic rings. The largest absolute Gasteiger partial charge is 0.277 e. The molecule has 2 heteroatoms. The minimum absolute atomic E-state index is 1.35. The van der Waals surface area contributed by atoms with E-state index in [1.165, 1.54) is 170 Å². The fraction of sp³-hybridized carbons (Fsp3) is 1.00. The summed E-state index contributed by atoms with van der Waals surface area (Å²) in [6.07, 6.45) is 25.3. The number of rotatable bonds is 26. The van der Waals surface area contributed by atoms with E-state index >= 15 is 0 Å². The first-order valence-electron chi connectivity index (χ1n) is 15.8. The molecule has 0 bridgehead atoms. The lowest BCUT2D eigenvalue weighted by Crippen LogP contribution is -2.64. The van der Waals surface area contributed by atoms with Crippen LogP contribution in [0.5, 0.6) is 0 Å². The van der Waals surface area contributed by atoms with Crippen molar-refractivity contribution in [3.05, 3.63) is 0 Å². The highest BCUT2D eigenvalue weighted by molar-refractivity contribution is 4.53. The van der Waals surface area contributed by atoms with E-state index in [0.29, 0.717) is 0 Å². The molecule has 0 saturated carbocycles. The Bertz CT molecular complexity index is 303. The number of nitrogens with zero attached hydrogens (tertiary/aromatic N) is 2. The number of hydrogen-bond donors (Lipinski definition) is 0. The quantitative estimate of drug-likeness (QED) is 0.0673. The Hall–Kier alpha value is -0.0800. The van der Waals surface area contributed by atoms with E-state index in [1.807, 2.05) is 0 Å². The highest BCUT2D eigenvalue weighted by Gasteiger charge is 2.38. The summed E-state index contributed by atoms with van der Waals surface area (Å²) >= 11 is 0. The zero-order chi connectivity index (χ0) is 24.7. The maximum absolute atomic E-state index is 2.38. The molecule has 0 aliphatic rings. The van der Waals surface area contributed by atoms with Crippen LogP contribution in [0.2, 0.25) is 0 Å². The van der Waals surface area contributed by atoms with E-state index in [4.69, 9.17) is 0 Å². The molecule has 0 heterocycles. The minimum Gasteiger partial charge on any atom is -0.277 e. The van der Waals surface area contributed by atoms with Gasteiger partial charge in [0.2, 0.25) is 6.67 Å². The molecule has 33 heavy (non-hydrogen) atoms. The Morgan fingerprint density at radius 3 is 0.606 bits per heavy atom. The zero-order valence-corrected chi connectivity index (χ0v) is 24.6. The van der Waals surface area contributed by atoms with Crippen LogP contribution >= 0.6 is 0 Å². The smallest absolute Gasteiger partial charge is 0.207 e. The number of quaternary nitrogens is 2. The zero-order valence-electron chi connectivity index (χ0n) is 24.6. The van der Waals surface area contributed by atoms with Gasteiger partial charge in [-0.2, -0.15) is 0 Å². The van der Waals surface area contributed by atoms with Crippen molar-refractivity contribution in [1.82, 2.24) is 0 Å². The molecular formula is C31H68N2+2. The third-order valence-electron chi connectivity index (χ3n) is 8.02. The lowest BCUT2D eigenvalue weighted by atomic mass is 10.1. The Morgan fingerprint density at radius 2 is 0.455 bits per heavy atom. The van der Waals surface area contributed by atoms with Crippen molar-refractivity contribution < 1.29 is 8.97 Å². The molecule has 0 aliphatic heterocycles. The number of unbranched alkanes of at least 4 members (excludes halogenated alkanes) is 12. The lowest BCUT2D eigenvalue weighted by Gasteiger charge is -2.48. The van der Waals surface area contributed by atoms with Crippen LogP contribution in [-0.4, -0.2) is 54.9 Å². The van der Waals surface area contributed by atoms with E-state index in [1.54, 1.807) is 0 Å². The normalized spacial score (nSPS) is 12.5. The fourth-order valence-electron chi connectivity index (χ4n) is 5.91. The van der Waals surface area contributed by atoms with Gasteiger partial charge in [0.25, 0.3) is 0 Å². The van der Waals surface area contributed by atoms with Crippen molar-refractivity contribution in [3.63, 3.8) is 0 Å². The second-order valence-corrected chi connectivity index (χ2v) is 11.4. The predicted molar refractivity (Wildman–Crippen MR) is 152 cm³/mol. The molecule has 0 amide bonds. The third kappa shape index (κ3) is 16.3. The molecule has 0 rings (SSSR count). The molecule has 0 saturated heterocycles. The van der Waals surface area contributed by atoms with Gasteiger partial charge < -0.3 is 0 Å². The molecule has 200 valence electrons. The van der Waals surface area contributed by atoms with Crippen molar-refractivity contribution in [3.8, 4) is 0 Å². The lowest BCUT2D eigenvalue weighted by molar-refractivity contribution is -1.10. The van der Waals surface area contributed by atoms with E-state index in [-0.39, 0.29) is 0 Å². The van der Waals surface area contributed by atoms with Crippen LogP contribution in [0.15, 0.2) is 0 Å². The minimum atomic E-state index is 1.35. The maximum Gasteiger partial charge on any atom is 0.207 e. The summed E-state index contributed by atoms with van der Waals surface area (Å²) in [6.45, 7) is 24.4. The maximum atomic E-state index is 2.38. The molecule has 0 N–H and O–H groups in total. The van der Waals surface area contributed by atoms with Crippen molar-refractivity contribution in [1.29, 1.82) is 0 Å². The van der Waals surface area contributed by atoms with E-state index < -0.39 is 0 Å². The van der Waals surface area contributed by atoms with E-state index in [0.717, 1.165) is 0 Å². The van der Waals surface area contributed by atoms with E-state index in [2.05, 4.69) is 41.5 Å². The third-order valence-corrected chi connectivity index (χ3v) is 8.02. The first-order valence-corrected chi connectivity index (χ1v) is 15.8. The fourth-order valence-corrected chi connectivity index (χ4v) is 5.91. The molecule has 0 radical (unpaired) electrons.